The number of hydrogen-bond donors (Lipinski definition) is 2. The summed E-state index contributed by atoms with van der Waals surface area (Å²) in [5.41, 5.74) is 14.7. The second-order valence-electron chi connectivity index (χ2n) is 9.60. The van der Waals surface area contributed by atoms with Crippen molar-refractivity contribution >= 4 is 17.6 Å². The Bertz CT molecular complexity index is 1300. The van der Waals surface area contributed by atoms with Crippen LogP contribution in [0, 0.1) is 17.8 Å². The van der Waals surface area contributed by atoms with Gasteiger partial charge in [0, 0.05) is 30.8 Å². The first kappa shape index (κ1) is 23.7. The summed E-state index contributed by atoms with van der Waals surface area (Å²) in [6, 6.07) is 10.0. The van der Waals surface area contributed by atoms with Crippen LogP contribution in [0.5, 0.6) is 0 Å². The van der Waals surface area contributed by atoms with E-state index in [1.54, 1.807) is 15.6 Å². The highest BCUT2D eigenvalue weighted by molar-refractivity contribution is 6.03. The zero-order valence-electron chi connectivity index (χ0n) is 20.3. The van der Waals surface area contributed by atoms with Crippen molar-refractivity contribution in [2.45, 2.75) is 51.1 Å². The summed E-state index contributed by atoms with van der Waals surface area (Å²) in [6.07, 6.45) is 8.94. The molecular weight excluding hydrogens is 454 g/mol. The van der Waals surface area contributed by atoms with E-state index in [1.807, 2.05) is 41.4 Å². The highest BCUT2D eigenvalue weighted by Gasteiger charge is 2.27. The average Bonchev–Trinajstić information content (AvgIpc) is 3.46. The number of carbonyl (C=O) groups excluding carboxylic acids is 2. The maximum absolute atomic E-state index is 12.5. The number of amides is 2. The summed E-state index contributed by atoms with van der Waals surface area (Å²) < 4.78 is 3.55. The second kappa shape index (κ2) is 10.3. The van der Waals surface area contributed by atoms with E-state index in [0.29, 0.717) is 36.8 Å². The molecule has 0 atom stereocenters. The van der Waals surface area contributed by atoms with E-state index in [4.69, 9.17) is 16.6 Å². The quantitative estimate of drug-likeness (QED) is 0.538. The van der Waals surface area contributed by atoms with Crippen LogP contribution in [-0.2, 0) is 11.3 Å². The summed E-state index contributed by atoms with van der Waals surface area (Å²) in [5, 5.41) is 9.21. The third-order valence-corrected chi connectivity index (χ3v) is 6.81. The molecule has 9 nitrogen and oxygen atoms in total. The van der Waals surface area contributed by atoms with E-state index in [-0.39, 0.29) is 23.3 Å². The highest BCUT2D eigenvalue weighted by atomic mass is 16.2. The molecule has 2 aliphatic rings. The lowest BCUT2D eigenvalue weighted by Crippen LogP contribution is -2.34. The predicted molar refractivity (Wildman–Crippen MR) is 137 cm³/mol. The van der Waals surface area contributed by atoms with Gasteiger partial charge in [0.05, 0.1) is 18.8 Å². The van der Waals surface area contributed by atoms with E-state index in [9.17, 15) is 9.59 Å². The average molecular weight is 486 g/mol. The lowest BCUT2D eigenvalue weighted by atomic mass is 10.0. The summed E-state index contributed by atoms with van der Waals surface area (Å²) in [6.45, 7) is 1.90. The first-order valence-electron chi connectivity index (χ1n) is 12.5. The third-order valence-electron chi connectivity index (χ3n) is 6.81. The summed E-state index contributed by atoms with van der Waals surface area (Å²) in [4.78, 5) is 26.7. The molecule has 3 heterocycles. The van der Waals surface area contributed by atoms with Gasteiger partial charge < -0.3 is 16.4 Å². The Balaban J connectivity index is 1.32. The van der Waals surface area contributed by atoms with Gasteiger partial charge in [-0.15, -0.1) is 0 Å². The van der Waals surface area contributed by atoms with Gasteiger partial charge in [-0.05, 0) is 50.0 Å². The number of hydrogen-bond acceptors (Lipinski definition) is 5. The van der Waals surface area contributed by atoms with Crippen LogP contribution in [0.3, 0.4) is 0 Å². The van der Waals surface area contributed by atoms with Crippen LogP contribution < -0.4 is 11.5 Å². The standard InChI is InChI=1S/C27H31N7O2/c28-26-24(27(29)36)25(21-16-30-33(18-21)17-20-6-2-1-3-7-20)31-34(26)22-8-4-14-32(15-5-9-22)23(35)13-12-19-10-11-19/h1-3,6-7,16,18-19,22H,4-5,8-11,14-15,17,28H2,(H2,29,36). The van der Waals surface area contributed by atoms with E-state index >= 15 is 0 Å². The van der Waals surface area contributed by atoms with E-state index in [2.05, 4.69) is 16.9 Å². The Labute approximate surface area is 210 Å². The number of nitrogens with zero attached hydrogens (tertiary/aromatic N) is 5. The second-order valence-corrected chi connectivity index (χ2v) is 9.60. The third kappa shape index (κ3) is 5.28. The molecule has 3 aromatic rings. The molecule has 0 radical (unpaired) electrons. The van der Waals surface area contributed by atoms with Crippen molar-refractivity contribution in [3.8, 4) is 23.1 Å². The van der Waals surface area contributed by atoms with E-state index in [1.165, 1.54) is 0 Å². The Kier molecular flexibility index (Phi) is 6.76. The zero-order chi connectivity index (χ0) is 25.1. The first-order chi connectivity index (χ1) is 17.5. The molecule has 1 saturated carbocycles. The summed E-state index contributed by atoms with van der Waals surface area (Å²) in [5.74, 6) is 5.88. The van der Waals surface area contributed by atoms with Crippen molar-refractivity contribution in [1.29, 1.82) is 0 Å². The maximum Gasteiger partial charge on any atom is 0.298 e. The lowest BCUT2D eigenvalue weighted by molar-refractivity contribution is -0.125. The number of carbonyl (C=O) groups is 2. The van der Waals surface area contributed by atoms with Crippen molar-refractivity contribution in [3.63, 3.8) is 0 Å². The minimum absolute atomic E-state index is 0.0195. The Morgan fingerprint density at radius 1 is 1.06 bits per heavy atom. The van der Waals surface area contributed by atoms with Gasteiger partial charge in [0.25, 0.3) is 11.8 Å². The van der Waals surface area contributed by atoms with Crippen LogP contribution in [0.25, 0.3) is 11.3 Å². The van der Waals surface area contributed by atoms with Gasteiger partial charge in [0.15, 0.2) is 0 Å². The minimum Gasteiger partial charge on any atom is -0.383 e. The molecule has 1 aromatic carbocycles. The highest BCUT2D eigenvalue weighted by Crippen LogP contribution is 2.33. The van der Waals surface area contributed by atoms with Crippen molar-refractivity contribution in [2.75, 3.05) is 18.8 Å². The molecule has 5 rings (SSSR count). The van der Waals surface area contributed by atoms with Gasteiger partial charge in [-0.3, -0.25) is 14.3 Å². The largest absolute Gasteiger partial charge is 0.383 e. The van der Waals surface area contributed by atoms with Crippen molar-refractivity contribution in [1.82, 2.24) is 24.5 Å². The molecule has 2 fully saturated rings. The lowest BCUT2D eigenvalue weighted by Gasteiger charge is -2.27. The van der Waals surface area contributed by atoms with Gasteiger partial charge in [-0.1, -0.05) is 36.3 Å². The number of benzene rings is 1. The van der Waals surface area contributed by atoms with E-state index < -0.39 is 5.91 Å². The fourth-order valence-electron chi connectivity index (χ4n) is 4.72. The molecule has 1 aliphatic heterocycles. The number of aromatic nitrogens is 4. The van der Waals surface area contributed by atoms with Crippen LogP contribution in [0.1, 0.15) is 60.5 Å². The van der Waals surface area contributed by atoms with Gasteiger partial charge in [-0.25, -0.2) is 4.68 Å². The smallest absolute Gasteiger partial charge is 0.298 e. The van der Waals surface area contributed by atoms with Crippen LogP contribution in [0.2, 0.25) is 0 Å². The van der Waals surface area contributed by atoms with Gasteiger partial charge in [0.2, 0.25) is 0 Å². The molecule has 0 unspecified atom stereocenters. The molecular formula is C27H31N7O2. The number of likely N-dealkylation sites (tertiary alicyclic amines) is 1. The Morgan fingerprint density at radius 3 is 2.44 bits per heavy atom. The SMILES string of the molecule is NC(=O)c1c(-c2cnn(Cc3ccccc3)c2)nn(C2CCCN(C(=O)C#CC3CC3)CCC2)c1N. The Hall–Kier alpha value is -4.06. The maximum atomic E-state index is 12.5. The van der Waals surface area contributed by atoms with Crippen molar-refractivity contribution < 1.29 is 9.59 Å². The molecule has 186 valence electrons. The minimum atomic E-state index is -0.610. The molecule has 1 saturated heterocycles. The molecule has 0 spiro atoms. The Morgan fingerprint density at radius 2 is 1.78 bits per heavy atom. The van der Waals surface area contributed by atoms with Crippen LogP contribution in [0.4, 0.5) is 5.82 Å². The summed E-state index contributed by atoms with van der Waals surface area (Å²) in [7, 11) is 0. The first-order valence-corrected chi connectivity index (χ1v) is 12.5. The summed E-state index contributed by atoms with van der Waals surface area (Å²) >= 11 is 0. The number of nitrogen functional groups attached to an aromatic ring is 1. The zero-order valence-corrected chi connectivity index (χ0v) is 20.3. The van der Waals surface area contributed by atoms with Crippen molar-refractivity contribution in [2.24, 2.45) is 11.7 Å². The van der Waals surface area contributed by atoms with Crippen LogP contribution in [0.15, 0.2) is 42.7 Å². The molecule has 2 aromatic heterocycles. The number of anilines is 1. The number of nitrogens with two attached hydrogens (primary N) is 2. The normalized spacial score (nSPS) is 16.6. The fraction of sp³-hybridized carbons (Fsp3) is 0.407. The van der Waals surface area contributed by atoms with Crippen LogP contribution >= 0.6 is 0 Å². The molecule has 1 aliphatic carbocycles. The molecule has 2 amide bonds. The number of primary amides is 1. The molecule has 36 heavy (non-hydrogen) atoms. The topological polar surface area (TPSA) is 125 Å². The van der Waals surface area contributed by atoms with Gasteiger partial charge in [-0.2, -0.15) is 10.2 Å². The molecule has 9 heteroatoms. The molecule has 0 bridgehead atoms. The number of rotatable bonds is 5. The molecule has 4 N–H and O–H groups in total. The van der Waals surface area contributed by atoms with Crippen LogP contribution in [-0.4, -0.2) is 49.4 Å². The van der Waals surface area contributed by atoms with Crippen molar-refractivity contribution in [3.05, 3.63) is 53.9 Å². The monoisotopic (exact) mass is 485 g/mol. The van der Waals surface area contributed by atoms with Gasteiger partial charge in [0.1, 0.15) is 17.1 Å². The predicted octanol–water partition coefficient (Wildman–Crippen LogP) is 2.83. The fourth-order valence-corrected chi connectivity index (χ4v) is 4.72. The van der Waals surface area contributed by atoms with E-state index in [0.717, 1.165) is 44.1 Å². The van der Waals surface area contributed by atoms with Gasteiger partial charge >= 0.3 is 0 Å².